The van der Waals surface area contributed by atoms with E-state index >= 15 is 0 Å². The number of anilines is 1. The second-order valence-electron chi connectivity index (χ2n) is 6.12. The predicted molar refractivity (Wildman–Crippen MR) is 86.5 cm³/mol. The molecule has 2 fully saturated rings. The topological polar surface area (TPSA) is 55.3 Å². The number of carbonyl (C=O) groups excluding carboxylic acids is 1. The van der Waals surface area contributed by atoms with Gasteiger partial charge in [-0.15, -0.1) is 0 Å². The molecule has 1 aliphatic carbocycles. The van der Waals surface area contributed by atoms with Gasteiger partial charge in [-0.1, -0.05) is 23.7 Å². The van der Waals surface area contributed by atoms with Gasteiger partial charge in [0, 0.05) is 6.04 Å². The van der Waals surface area contributed by atoms with E-state index in [1.807, 2.05) is 6.07 Å². The summed E-state index contributed by atoms with van der Waals surface area (Å²) in [7, 11) is 1.30. The summed E-state index contributed by atoms with van der Waals surface area (Å²) in [5.41, 5.74) is 0.927. The second kappa shape index (κ2) is 5.70. The van der Waals surface area contributed by atoms with E-state index in [1.165, 1.54) is 19.4 Å². The Balaban J connectivity index is 1.68. The molecule has 24 heavy (non-hydrogen) atoms. The highest BCUT2D eigenvalue weighted by Crippen LogP contribution is 2.55. The van der Waals surface area contributed by atoms with Gasteiger partial charge in [0.25, 0.3) is 0 Å². The molecule has 1 aliphatic heterocycles. The molecule has 1 aromatic heterocycles. The lowest BCUT2D eigenvalue weighted by Gasteiger charge is -2.29. The number of methoxy groups -OCH3 is 1. The summed E-state index contributed by atoms with van der Waals surface area (Å²) >= 11 is 6.18. The predicted octanol–water partition coefficient (Wildman–Crippen LogP) is 3.40. The molecule has 0 N–H and O–H groups in total. The number of hydrogen-bond donors (Lipinski definition) is 0. The third-order valence-corrected chi connectivity index (χ3v) is 5.14. The van der Waals surface area contributed by atoms with E-state index in [-0.39, 0.29) is 16.8 Å². The van der Waals surface area contributed by atoms with Crippen molar-refractivity contribution in [2.75, 3.05) is 12.0 Å². The Bertz CT molecular complexity index is 799. The van der Waals surface area contributed by atoms with Crippen LogP contribution in [-0.2, 0) is 4.74 Å². The lowest BCUT2D eigenvalue weighted by Crippen LogP contribution is -2.28. The first kappa shape index (κ1) is 15.3. The number of halogens is 2. The highest BCUT2D eigenvalue weighted by atomic mass is 35.5. The van der Waals surface area contributed by atoms with Gasteiger partial charge in [0.2, 0.25) is 0 Å². The van der Waals surface area contributed by atoms with E-state index < -0.39 is 11.8 Å². The normalized spacial score (nSPS) is 24.6. The molecule has 124 valence electrons. The van der Waals surface area contributed by atoms with Crippen molar-refractivity contribution in [2.45, 2.75) is 24.9 Å². The van der Waals surface area contributed by atoms with Gasteiger partial charge in [0.1, 0.15) is 11.6 Å². The Morgan fingerprint density at radius 3 is 2.88 bits per heavy atom. The van der Waals surface area contributed by atoms with Crippen molar-refractivity contribution in [1.29, 1.82) is 0 Å². The summed E-state index contributed by atoms with van der Waals surface area (Å²) in [6.07, 6.45) is 4.96. The molecule has 1 aromatic carbocycles. The molecular formula is C17H15ClFN3O2. The van der Waals surface area contributed by atoms with Crippen LogP contribution in [0.25, 0.3) is 0 Å². The van der Waals surface area contributed by atoms with Gasteiger partial charge in [-0.25, -0.2) is 19.2 Å². The minimum absolute atomic E-state index is 0.0322. The first-order valence-corrected chi connectivity index (χ1v) is 8.10. The second-order valence-corrected chi connectivity index (χ2v) is 6.49. The number of hydrogen-bond acceptors (Lipinski definition) is 5. The maximum atomic E-state index is 13.8. The average molecular weight is 348 g/mol. The number of benzene rings is 1. The van der Waals surface area contributed by atoms with Crippen LogP contribution in [0.3, 0.4) is 0 Å². The van der Waals surface area contributed by atoms with Crippen molar-refractivity contribution >= 4 is 23.4 Å². The number of piperidine rings is 1. The van der Waals surface area contributed by atoms with Gasteiger partial charge in [-0.3, -0.25) is 0 Å². The highest BCUT2D eigenvalue weighted by molar-refractivity contribution is 6.31. The van der Waals surface area contributed by atoms with E-state index in [9.17, 15) is 9.18 Å². The van der Waals surface area contributed by atoms with Crippen LogP contribution < -0.4 is 4.90 Å². The molecule has 7 heteroatoms. The summed E-state index contributed by atoms with van der Waals surface area (Å²) in [5.74, 6) is 0.292. The van der Waals surface area contributed by atoms with Gasteiger partial charge in [-0.05, 0) is 30.4 Å². The van der Waals surface area contributed by atoms with Crippen LogP contribution in [0.1, 0.15) is 34.9 Å². The first-order valence-electron chi connectivity index (χ1n) is 7.72. The van der Waals surface area contributed by atoms with E-state index in [0.29, 0.717) is 17.8 Å². The number of nitrogens with zero attached hydrogens (tertiary/aromatic N) is 3. The van der Waals surface area contributed by atoms with Crippen LogP contribution in [0, 0.1) is 11.7 Å². The fourth-order valence-corrected chi connectivity index (χ4v) is 3.76. The minimum Gasteiger partial charge on any atom is -0.464 e. The van der Waals surface area contributed by atoms with E-state index in [1.54, 1.807) is 12.3 Å². The largest absolute Gasteiger partial charge is 0.464 e. The van der Waals surface area contributed by atoms with Gasteiger partial charge in [0.05, 0.1) is 30.6 Å². The summed E-state index contributed by atoms with van der Waals surface area (Å²) in [5, 5.41) is 0.160. The molecule has 5 nitrogen and oxygen atoms in total. The Kier molecular flexibility index (Phi) is 3.64. The van der Waals surface area contributed by atoms with Crippen molar-refractivity contribution in [3.05, 3.63) is 52.7 Å². The van der Waals surface area contributed by atoms with Crippen molar-refractivity contribution in [1.82, 2.24) is 9.97 Å². The summed E-state index contributed by atoms with van der Waals surface area (Å²) in [6, 6.07) is 5.22. The molecule has 0 radical (unpaired) electrons. The Morgan fingerprint density at radius 1 is 1.33 bits per heavy atom. The van der Waals surface area contributed by atoms with Gasteiger partial charge >= 0.3 is 5.97 Å². The molecule has 0 amide bonds. The summed E-state index contributed by atoms with van der Waals surface area (Å²) in [6.45, 7) is 0. The molecule has 0 spiro atoms. The maximum Gasteiger partial charge on any atom is 0.358 e. The zero-order valence-electron chi connectivity index (χ0n) is 12.9. The molecule has 3 atom stereocenters. The van der Waals surface area contributed by atoms with Crippen LogP contribution in [0.2, 0.25) is 5.02 Å². The lowest BCUT2D eigenvalue weighted by atomic mass is 10.0. The zero-order valence-corrected chi connectivity index (χ0v) is 13.7. The smallest absolute Gasteiger partial charge is 0.358 e. The number of rotatable bonds is 3. The van der Waals surface area contributed by atoms with Crippen molar-refractivity contribution < 1.29 is 13.9 Å². The molecule has 2 heterocycles. The quantitative estimate of drug-likeness (QED) is 0.796. The lowest BCUT2D eigenvalue weighted by molar-refractivity contribution is 0.0593. The SMILES string of the molecule is COC(=O)c1cnc(N2C(c3cccc(F)c3Cl)CC3CC32)cn1. The Morgan fingerprint density at radius 2 is 2.17 bits per heavy atom. The summed E-state index contributed by atoms with van der Waals surface area (Å²) < 4.78 is 18.5. The highest BCUT2D eigenvalue weighted by Gasteiger charge is 2.53. The van der Waals surface area contributed by atoms with Crippen molar-refractivity contribution in [2.24, 2.45) is 5.92 Å². The summed E-state index contributed by atoms with van der Waals surface area (Å²) in [4.78, 5) is 22.1. The fourth-order valence-electron chi connectivity index (χ4n) is 3.51. The van der Waals surface area contributed by atoms with Crippen LogP contribution in [0.4, 0.5) is 10.2 Å². The number of esters is 1. The maximum absolute atomic E-state index is 13.8. The van der Waals surface area contributed by atoms with Crippen LogP contribution in [0.15, 0.2) is 30.6 Å². The van der Waals surface area contributed by atoms with Crippen LogP contribution in [0.5, 0.6) is 0 Å². The van der Waals surface area contributed by atoms with Crippen LogP contribution >= 0.6 is 11.6 Å². The Labute approximate surface area is 143 Å². The van der Waals surface area contributed by atoms with E-state index in [4.69, 9.17) is 11.6 Å². The molecule has 2 aliphatic rings. The number of aromatic nitrogens is 2. The van der Waals surface area contributed by atoms with Crippen LogP contribution in [-0.4, -0.2) is 29.1 Å². The molecule has 0 bridgehead atoms. The minimum atomic E-state index is -0.524. The molecule has 1 saturated heterocycles. The third kappa shape index (κ3) is 2.41. The van der Waals surface area contributed by atoms with E-state index in [2.05, 4.69) is 19.6 Å². The fraction of sp³-hybridized carbons (Fsp3) is 0.353. The monoisotopic (exact) mass is 347 g/mol. The standard InChI is InChI=1S/C17H15ClFN3O2/c1-24-17(23)12-7-21-15(8-20-12)22-13-5-9(13)6-14(22)10-3-2-4-11(19)16(10)18/h2-4,7-9,13-14H,5-6H2,1H3. The molecular weight excluding hydrogens is 333 g/mol. The molecule has 2 aromatic rings. The molecule has 4 rings (SSSR count). The first-order chi connectivity index (χ1) is 11.6. The molecule has 3 unspecified atom stereocenters. The zero-order chi connectivity index (χ0) is 16.8. The van der Waals surface area contributed by atoms with Gasteiger partial charge < -0.3 is 9.64 Å². The Hall–Kier alpha value is -2.21. The number of carbonyl (C=O) groups is 1. The number of ether oxygens (including phenoxy) is 1. The average Bonchev–Trinajstić information content (AvgIpc) is 3.27. The number of fused-ring (bicyclic) bond motifs is 1. The van der Waals surface area contributed by atoms with Crippen molar-refractivity contribution in [3.8, 4) is 0 Å². The van der Waals surface area contributed by atoms with Crippen molar-refractivity contribution in [3.63, 3.8) is 0 Å². The third-order valence-electron chi connectivity index (χ3n) is 4.74. The van der Waals surface area contributed by atoms with E-state index in [0.717, 1.165) is 18.4 Å². The molecule has 1 saturated carbocycles. The van der Waals surface area contributed by atoms with Gasteiger partial charge in [-0.2, -0.15) is 0 Å². The van der Waals surface area contributed by atoms with Gasteiger partial charge in [0.15, 0.2) is 5.69 Å².